The van der Waals surface area contributed by atoms with Gasteiger partial charge in [0.2, 0.25) is 0 Å². The molecule has 0 atom stereocenters. The van der Waals surface area contributed by atoms with Gasteiger partial charge in [-0.15, -0.1) is 0 Å². The van der Waals surface area contributed by atoms with Crippen molar-refractivity contribution in [1.29, 1.82) is 10.5 Å². The molecule has 0 aliphatic heterocycles. The van der Waals surface area contributed by atoms with Crippen LogP contribution in [0.25, 0.3) is 0 Å². The van der Waals surface area contributed by atoms with Crippen molar-refractivity contribution in [2.75, 3.05) is 5.32 Å². The van der Waals surface area contributed by atoms with Crippen LogP contribution in [-0.4, -0.2) is 0 Å². The molecular formula is C15H10BrN3. The molecule has 19 heavy (non-hydrogen) atoms. The van der Waals surface area contributed by atoms with E-state index in [1.54, 1.807) is 12.1 Å². The molecule has 3 nitrogen and oxygen atoms in total. The molecule has 92 valence electrons. The average Bonchev–Trinajstić information content (AvgIpc) is 2.41. The fraction of sp³-hybridized carbons (Fsp3) is 0.0667. The highest BCUT2D eigenvalue weighted by Crippen LogP contribution is 2.26. The largest absolute Gasteiger partial charge is 0.353 e. The number of nitriles is 2. The molecule has 0 heterocycles. The molecule has 2 aromatic carbocycles. The fourth-order valence-electron chi connectivity index (χ4n) is 1.72. The van der Waals surface area contributed by atoms with Gasteiger partial charge in [0.15, 0.2) is 0 Å². The third kappa shape index (κ3) is 2.93. The van der Waals surface area contributed by atoms with Crippen molar-refractivity contribution in [3.05, 3.63) is 57.6 Å². The molecule has 0 aliphatic carbocycles. The normalized spacial score (nSPS) is 9.47. The molecule has 0 fully saturated rings. The molecule has 2 aromatic rings. The standard InChI is InChI=1S/C15H10BrN3/c1-10-2-3-11(8-17)15(6-10)19-14-5-4-13(16)7-12(14)9-18/h2-7,19H,1H3. The van der Waals surface area contributed by atoms with E-state index in [-0.39, 0.29) is 0 Å². The lowest BCUT2D eigenvalue weighted by Crippen LogP contribution is -1.96. The zero-order chi connectivity index (χ0) is 13.8. The van der Waals surface area contributed by atoms with Gasteiger partial charge in [0.25, 0.3) is 0 Å². The molecule has 0 saturated carbocycles. The van der Waals surface area contributed by atoms with Gasteiger partial charge in [-0.3, -0.25) is 0 Å². The van der Waals surface area contributed by atoms with E-state index in [1.807, 2.05) is 31.2 Å². The first kappa shape index (κ1) is 13.1. The summed E-state index contributed by atoms with van der Waals surface area (Å²) in [5, 5.41) is 21.4. The molecule has 0 saturated heterocycles. The predicted molar refractivity (Wildman–Crippen MR) is 78.0 cm³/mol. The second-order valence-electron chi connectivity index (χ2n) is 4.09. The van der Waals surface area contributed by atoms with Crippen LogP contribution in [0.1, 0.15) is 16.7 Å². The fourth-order valence-corrected chi connectivity index (χ4v) is 2.08. The maximum Gasteiger partial charge on any atom is 0.101 e. The van der Waals surface area contributed by atoms with E-state index in [0.717, 1.165) is 10.0 Å². The van der Waals surface area contributed by atoms with Crippen LogP contribution in [-0.2, 0) is 0 Å². The number of rotatable bonds is 2. The number of hydrogen-bond acceptors (Lipinski definition) is 3. The summed E-state index contributed by atoms with van der Waals surface area (Å²) in [6.45, 7) is 1.96. The van der Waals surface area contributed by atoms with E-state index in [4.69, 9.17) is 10.5 Å². The van der Waals surface area contributed by atoms with Gasteiger partial charge in [0.1, 0.15) is 12.1 Å². The number of nitrogens with zero attached hydrogens (tertiary/aromatic N) is 2. The van der Waals surface area contributed by atoms with Crippen LogP contribution in [0.3, 0.4) is 0 Å². The Morgan fingerprint density at radius 3 is 2.37 bits per heavy atom. The molecule has 0 spiro atoms. The van der Waals surface area contributed by atoms with Crippen molar-refractivity contribution in [2.24, 2.45) is 0 Å². The van der Waals surface area contributed by atoms with Crippen LogP contribution in [0.4, 0.5) is 11.4 Å². The van der Waals surface area contributed by atoms with E-state index in [9.17, 15) is 0 Å². The molecule has 1 N–H and O–H groups in total. The Bertz CT molecular complexity index is 708. The highest BCUT2D eigenvalue weighted by molar-refractivity contribution is 9.10. The van der Waals surface area contributed by atoms with Crippen molar-refractivity contribution in [3.63, 3.8) is 0 Å². The van der Waals surface area contributed by atoms with Gasteiger partial charge in [0, 0.05) is 4.47 Å². The predicted octanol–water partition coefficient (Wildman–Crippen LogP) is 4.24. The monoisotopic (exact) mass is 311 g/mol. The Balaban J connectivity index is 2.45. The van der Waals surface area contributed by atoms with Gasteiger partial charge in [0.05, 0.1) is 22.5 Å². The van der Waals surface area contributed by atoms with E-state index in [0.29, 0.717) is 22.5 Å². The number of benzene rings is 2. The van der Waals surface area contributed by atoms with Crippen molar-refractivity contribution in [1.82, 2.24) is 0 Å². The molecule has 0 unspecified atom stereocenters. The van der Waals surface area contributed by atoms with Gasteiger partial charge in [-0.05, 0) is 42.8 Å². The molecule has 4 heteroatoms. The average molecular weight is 312 g/mol. The molecule has 0 amide bonds. The second kappa shape index (κ2) is 5.56. The third-order valence-electron chi connectivity index (χ3n) is 2.67. The van der Waals surface area contributed by atoms with E-state index in [2.05, 4.69) is 33.4 Å². The Morgan fingerprint density at radius 1 is 0.947 bits per heavy atom. The number of aryl methyl sites for hydroxylation is 1. The number of anilines is 2. The van der Waals surface area contributed by atoms with Crippen LogP contribution in [0.5, 0.6) is 0 Å². The summed E-state index contributed by atoms with van der Waals surface area (Å²) in [5.74, 6) is 0. The summed E-state index contributed by atoms with van der Waals surface area (Å²) in [5.41, 5.74) is 3.53. The minimum absolute atomic E-state index is 0.528. The first-order valence-corrected chi connectivity index (χ1v) is 6.41. The summed E-state index contributed by atoms with van der Waals surface area (Å²) in [7, 11) is 0. The molecule has 0 aromatic heterocycles. The van der Waals surface area contributed by atoms with Crippen LogP contribution in [0.2, 0.25) is 0 Å². The molecule has 0 radical (unpaired) electrons. The quantitative estimate of drug-likeness (QED) is 0.902. The Hall–Kier alpha value is -2.30. The van der Waals surface area contributed by atoms with Crippen molar-refractivity contribution in [2.45, 2.75) is 6.92 Å². The Labute approximate surface area is 120 Å². The topological polar surface area (TPSA) is 59.6 Å². The number of hydrogen-bond donors (Lipinski definition) is 1. The van der Waals surface area contributed by atoms with Gasteiger partial charge >= 0.3 is 0 Å². The first-order chi connectivity index (χ1) is 9.13. The van der Waals surface area contributed by atoms with Crippen LogP contribution >= 0.6 is 15.9 Å². The van der Waals surface area contributed by atoms with Gasteiger partial charge in [-0.25, -0.2) is 0 Å². The first-order valence-electron chi connectivity index (χ1n) is 5.61. The van der Waals surface area contributed by atoms with Crippen LogP contribution in [0.15, 0.2) is 40.9 Å². The Morgan fingerprint density at radius 2 is 1.68 bits per heavy atom. The van der Waals surface area contributed by atoms with Crippen molar-refractivity contribution >= 4 is 27.3 Å². The van der Waals surface area contributed by atoms with Crippen LogP contribution < -0.4 is 5.32 Å². The van der Waals surface area contributed by atoms with E-state index in [1.165, 1.54) is 0 Å². The Kier molecular flexibility index (Phi) is 3.85. The summed E-state index contributed by atoms with van der Waals surface area (Å²) in [6.07, 6.45) is 0. The molecular weight excluding hydrogens is 302 g/mol. The second-order valence-corrected chi connectivity index (χ2v) is 5.00. The lowest BCUT2D eigenvalue weighted by atomic mass is 10.1. The van der Waals surface area contributed by atoms with Gasteiger partial charge in [-0.2, -0.15) is 10.5 Å². The van der Waals surface area contributed by atoms with Crippen molar-refractivity contribution in [3.8, 4) is 12.1 Å². The highest BCUT2D eigenvalue weighted by atomic mass is 79.9. The zero-order valence-corrected chi connectivity index (χ0v) is 11.8. The van der Waals surface area contributed by atoms with E-state index < -0.39 is 0 Å². The maximum absolute atomic E-state index is 9.13. The SMILES string of the molecule is Cc1ccc(C#N)c(Nc2ccc(Br)cc2C#N)c1. The number of nitrogens with one attached hydrogen (secondary N) is 1. The zero-order valence-electron chi connectivity index (χ0n) is 10.2. The highest BCUT2D eigenvalue weighted by Gasteiger charge is 2.07. The molecule has 0 bridgehead atoms. The summed E-state index contributed by atoms with van der Waals surface area (Å²) in [4.78, 5) is 0. The van der Waals surface area contributed by atoms with Crippen molar-refractivity contribution < 1.29 is 0 Å². The summed E-state index contributed by atoms with van der Waals surface area (Å²) >= 11 is 3.33. The van der Waals surface area contributed by atoms with Crippen LogP contribution in [0, 0.1) is 29.6 Å². The molecule has 2 rings (SSSR count). The van der Waals surface area contributed by atoms with Gasteiger partial charge < -0.3 is 5.32 Å². The smallest absolute Gasteiger partial charge is 0.101 e. The minimum Gasteiger partial charge on any atom is -0.353 e. The minimum atomic E-state index is 0.528. The van der Waals surface area contributed by atoms with Gasteiger partial charge in [-0.1, -0.05) is 22.0 Å². The van der Waals surface area contributed by atoms with E-state index >= 15 is 0 Å². The maximum atomic E-state index is 9.13. The number of halogens is 1. The lowest BCUT2D eigenvalue weighted by molar-refractivity contribution is 1.40. The summed E-state index contributed by atoms with van der Waals surface area (Å²) < 4.78 is 0.847. The molecule has 0 aliphatic rings. The summed E-state index contributed by atoms with van der Waals surface area (Å²) in [6, 6.07) is 15.2. The third-order valence-corrected chi connectivity index (χ3v) is 3.16. The lowest BCUT2D eigenvalue weighted by Gasteiger charge is -2.10.